The quantitative estimate of drug-likeness (QED) is 0.693. The Hall–Kier alpha value is -3.00. The number of aromatic nitrogens is 4. The molecule has 0 spiro atoms. The van der Waals surface area contributed by atoms with E-state index in [9.17, 15) is 14.4 Å². The Bertz CT molecular complexity index is 1120. The smallest absolute Gasteiger partial charge is 0.332 e. The van der Waals surface area contributed by atoms with Crippen LogP contribution in [-0.4, -0.2) is 30.2 Å². The molecule has 0 radical (unpaired) electrons. The van der Waals surface area contributed by atoms with E-state index < -0.39 is 17.2 Å². The van der Waals surface area contributed by atoms with Gasteiger partial charge in [-0.25, -0.2) is 14.8 Å². The highest BCUT2D eigenvalue weighted by Gasteiger charge is 2.18. The predicted molar refractivity (Wildman–Crippen MR) is 101 cm³/mol. The molecule has 3 aromatic rings. The van der Waals surface area contributed by atoms with Crippen molar-refractivity contribution in [2.75, 3.05) is 0 Å². The molecule has 0 aliphatic heterocycles. The van der Waals surface area contributed by atoms with Gasteiger partial charge in [-0.1, -0.05) is 41.9 Å². The Labute approximate surface area is 158 Å². The van der Waals surface area contributed by atoms with Crippen molar-refractivity contribution in [3.8, 4) is 11.3 Å². The highest BCUT2D eigenvalue weighted by atomic mass is 35.5. The maximum atomic E-state index is 12.8. The van der Waals surface area contributed by atoms with Gasteiger partial charge in [0, 0.05) is 25.1 Å². The van der Waals surface area contributed by atoms with Crippen LogP contribution in [0.2, 0.25) is 5.15 Å². The number of hydrogen-bond acceptors (Lipinski definition) is 5. The Kier molecular flexibility index (Phi) is 5.36. The minimum Gasteiger partial charge on any atom is -0.481 e. The topological polar surface area (TPSA) is 107 Å². The van der Waals surface area contributed by atoms with Crippen LogP contribution >= 0.6 is 11.6 Å². The first-order valence-corrected chi connectivity index (χ1v) is 8.80. The van der Waals surface area contributed by atoms with E-state index in [1.165, 1.54) is 4.57 Å². The Morgan fingerprint density at radius 1 is 1.15 bits per heavy atom. The van der Waals surface area contributed by atoms with Gasteiger partial charge in [0.2, 0.25) is 0 Å². The number of carboxylic acid groups (broad SMARTS) is 1. The van der Waals surface area contributed by atoms with Crippen molar-refractivity contribution in [2.45, 2.75) is 32.9 Å². The lowest BCUT2D eigenvalue weighted by molar-refractivity contribution is -0.137. The van der Waals surface area contributed by atoms with Crippen LogP contribution in [0.25, 0.3) is 22.4 Å². The molecule has 0 amide bonds. The summed E-state index contributed by atoms with van der Waals surface area (Å²) in [5.41, 5.74) is 0.0228. The van der Waals surface area contributed by atoms with Crippen LogP contribution in [0.3, 0.4) is 0 Å². The van der Waals surface area contributed by atoms with Gasteiger partial charge >= 0.3 is 11.7 Å². The molecular formula is C18H17ClN4O4. The van der Waals surface area contributed by atoms with Gasteiger partial charge in [0.25, 0.3) is 5.56 Å². The predicted octanol–water partition coefficient (Wildman–Crippen LogP) is 2.16. The molecule has 1 N–H and O–H groups in total. The fraction of sp³-hybridized carbons (Fsp3) is 0.278. The molecule has 0 saturated heterocycles. The van der Waals surface area contributed by atoms with Crippen molar-refractivity contribution >= 4 is 28.7 Å². The van der Waals surface area contributed by atoms with Gasteiger partial charge in [0.05, 0.1) is 0 Å². The molecule has 0 atom stereocenters. The molecule has 8 nitrogen and oxygen atoms in total. The Morgan fingerprint density at radius 2 is 1.85 bits per heavy atom. The van der Waals surface area contributed by atoms with E-state index >= 15 is 0 Å². The fourth-order valence-electron chi connectivity index (χ4n) is 2.84. The first-order chi connectivity index (χ1) is 12.9. The SMILES string of the molecule is CCn1c(=O)n(CCCC(=O)O)c(=O)c2nc(-c3ccccc3)c(Cl)nc21. The lowest BCUT2D eigenvalue weighted by atomic mass is 10.1. The molecule has 0 unspecified atom stereocenters. The lowest BCUT2D eigenvalue weighted by Crippen LogP contribution is -2.40. The maximum Gasteiger partial charge on any atom is 0.332 e. The summed E-state index contributed by atoms with van der Waals surface area (Å²) >= 11 is 6.27. The molecular weight excluding hydrogens is 372 g/mol. The molecule has 9 heteroatoms. The van der Waals surface area contributed by atoms with Gasteiger partial charge in [0.15, 0.2) is 16.3 Å². The molecule has 1 aromatic carbocycles. The largest absolute Gasteiger partial charge is 0.481 e. The second-order valence-electron chi connectivity index (χ2n) is 5.88. The number of aliphatic carboxylic acids is 1. The standard InChI is InChI=1S/C18H17ClN4O4/c1-2-22-16-14(17(26)23(18(22)27)10-6-9-12(24)25)20-13(15(19)21-16)11-7-4-3-5-8-11/h3-5,7-8H,2,6,9-10H2,1H3,(H,24,25). The molecule has 0 bridgehead atoms. The zero-order valence-electron chi connectivity index (χ0n) is 14.6. The van der Waals surface area contributed by atoms with Gasteiger partial charge in [-0.2, -0.15) is 0 Å². The van der Waals surface area contributed by atoms with E-state index in [1.54, 1.807) is 19.1 Å². The van der Waals surface area contributed by atoms with Crippen molar-refractivity contribution in [3.05, 3.63) is 56.3 Å². The summed E-state index contributed by atoms with van der Waals surface area (Å²) in [6.07, 6.45) is 0.0177. The molecule has 2 heterocycles. The van der Waals surface area contributed by atoms with E-state index in [0.29, 0.717) is 11.3 Å². The van der Waals surface area contributed by atoms with Crippen molar-refractivity contribution in [2.24, 2.45) is 0 Å². The number of fused-ring (bicyclic) bond motifs is 1. The van der Waals surface area contributed by atoms with E-state index in [1.807, 2.05) is 18.2 Å². The molecule has 0 saturated carbocycles. The molecule has 2 aromatic heterocycles. The number of carboxylic acids is 1. The maximum absolute atomic E-state index is 12.8. The summed E-state index contributed by atoms with van der Waals surface area (Å²) in [4.78, 5) is 44.9. The summed E-state index contributed by atoms with van der Waals surface area (Å²) in [6.45, 7) is 2.00. The van der Waals surface area contributed by atoms with Gasteiger partial charge in [-0.15, -0.1) is 0 Å². The van der Waals surface area contributed by atoms with Crippen LogP contribution in [0.1, 0.15) is 19.8 Å². The third kappa shape index (κ3) is 3.61. The second kappa shape index (κ2) is 7.71. The zero-order valence-corrected chi connectivity index (χ0v) is 15.3. The Balaban J connectivity index is 2.24. The van der Waals surface area contributed by atoms with Crippen molar-refractivity contribution in [3.63, 3.8) is 0 Å². The number of nitrogens with zero attached hydrogens (tertiary/aromatic N) is 4. The average molecular weight is 389 g/mol. The number of benzene rings is 1. The van der Waals surface area contributed by atoms with Crippen LogP contribution < -0.4 is 11.2 Å². The van der Waals surface area contributed by atoms with Crippen LogP contribution in [0.15, 0.2) is 39.9 Å². The van der Waals surface area contributed by atoms with Gasteiger partial charge in [0.1, 0.15) is 5.69 Å². The fourth-order valence-corrected chi connectivity index (χ4v) is 3.07. The normalized spacial score (nSPS) is 11.0. The monoisotopic (exact) mass is 388 g/mol. The minimum atomic E-state index is -0.988. The summed E-state index contributed by atoms with van der Waals surface area (Å²) in [7, 11) is 0. The number of rotatable bonds is 6. The third-order valence-electron chi connectivity index (χ3n) is 4.14. The number of halogens is 1. The van der Waals surface area contributed by atoms with Gasteiger partial charge < -0.3 is 5.11 Å². The van der Waals surface area contributed by atoms with Crippen molar-refractivity contribution < 1.29 is 9.90 Å². The molecule has 3 rings (SSSR count). The molecule has 140 valence electrons. The van der Waals surface area contributed by atoms with Gasteiger partial charge in [-0.05, 0) is 13.3 Å². The van der Waals surface area contributed by atoms with Crippen LogP contribution in [0, 0.1) is 0 Å². The molecule has 0 aliphatic rings. The summed E-state index contributed by atoms with van der Waals surface area (Å²) in [5, 5.41) is 8.88. The molecule has 0 fully saturated rings. The average Bonchev–Trinajstić information content (AvgIpc) is 2.65. The highest BCUT2D eigenvalue weighted by Crippen LogP contribution is 2.25. The first kappa shape index (κ1) is 18.8. The minimum absolute atomic E-state index is 0.00904. The lowest BCUT2D eigenvalue weighted by Gasteiger charge is -2.13. The number of hydrogen-bond donors (Lipinski definition) is 1. The summed E-state index contributed by atoms with van der Waals surface area (Å²) < 4.78 is 2.32. The number of carbonyl (C=O) groups is 1. The number of aryl methyl sites for hydroxylation is 1. The van der Waals surface area contributed by atoms with Gasteiger partial charge in [-0.3, -0.25) is 18.7 Å². The Morgan fingerprint density at radius 3 is 2.48 bits per heavy atom. The molecule has 0 aliphatic carbocycles. The van der Waals surface area contributed by atoms with Crippen LogP contribution in [0.5, 0.6) is 0 Å². The summed E-state index contributed by atoms with van der Waals surface area (Å²) in [5.74, 6) is -0.988. The van der Waals surface area contributed by atoms with E-state index in [2.05, 4.69) is 9.97 Å². The van der Waals surface area contributed by atoms with E-state index in [-0.39, 0.29) is 42.2 Å². The van der Waals surface area contributed by atoms with Crippen molar-refractivity contribution in [1.82, 2.24) is 19.1 Å². The second-order valence-corrected chi connectivity index (χ2v) is 6.24. The van der Waals surface area contributed by atoms with Crippen LogP contribution in [0.4, 0.5) is 0 Å². The zero-order chi connectivity index (χ0) is 19.6. The summed E-state index contributed by atoms with van der Waals surface area (Å²) in [6, 6.07) is 9.06. The third-order valence-corrected chi connectivity index (χ3v) is 4.40. The van der Waals surface area contributed by atoms with E-state index in [0.717, 1.165) is 4.57 Å². The van der Waals surface area contributed by atoms with Crippen molar-refractivity contribution in [1.29, 1.82) is 0 Å². The van der Waals surface area contributed by atoms with Crippen LogP contribution in [-0.2, 0) is 17.9 Å². The van der Waals surface area contributed by atoms with E-state index in [4.69, 9.17) is 16.7 Å². The first-order valence-electron chi connectivity index (χ1n) is 8.42. The molecule has 27 heavy (non-hydrogen) atoms. The highest BCUT2D eigenvalue weighted by molar-refractivity contribution is 6.32.